The Morgan fingerprint density at radius 2 is 2.29 bits per heavy atom. The second-order valence-corrected chi connectivity index (χ2v) is 6.93. The van der Waals surface area contributed by atoms with Gasteiger partial charge in [0.1, 0.15) is 5.25 Å². The number of hydrogen-bond acceptors (Lipinski definition) is 4. The standard InChI is InChI=1S/C10H20N2O3S2/c1-3-9-7-12(5-4-6-15-9)17(13,14)8(2)10(11)16/h8-9H,3-7H2,1-2H3,(H2,11,16). The molecule has 0 saturated carbocycles. The van der Waals surface area contributed by atoms with Crippen LogP contribution in [0.4, 0.5) is 0 Å². The van der Waals surface area contributed by atoms with E-state index >= 15 is 0 Å². The van der Waals surface area contributed by atoms with Gasteiger partial charge in [0.25, 0.3) is 0 Å². The maximum absolute atomic E-state index is 12.2. The van der Waals surface area contributed by atoms with Gasteiger partial charge in [-0.3, -0.25) is 0 Å². The van der Waals surface area contributed by atoms with Gasteiger partial charge in [-0.25, -0.2) is 8.42 Å². The fourth-order valence-electron chi connectivity index (χ4n) is 1.71. The summed E-state index contributed by atoms with van der Waals surface area (Å²) in [5.74, 6) is 0. The van der Waals surface area contributed by atoms with Gasteiger partial charge in [-0.05, 0) is 19.8 Å². The fraction of sp³-hybridized carbons (Fsp3) is 0.900. The molecule has 100 valence electrons. The van der Waals surface area contributed by atoms with Crippen molar-refractivity contribution < 1.29 is 13.2 Å². The van der Waals surface area contributed by atoms with E-state index in [-0.39, 0.29) is 11.1 Å². The van der Waals surface area contributed by atoms with Crippen molar-refractivity contribution in [2.45, 2.75) is 38.0 Å². The highest BCUT2D eigenvalue weighted by atomic mass is 32.2. The first kappa shape index (κ1) is 14.8. The predicted octanol–water partition coefficient (Wildman–Crippen LogP) is 0.492. The number of thiocarbonyl (C=S) groups is 1. The topological polar surface area (TPSA) is 72.6 Å². The van der Waals surface area contributed by atoms with E-state index in [4.69, 9.17) is 22.7 Å². The molecule has 1 fully saturated rings. The quantitative estimate of drug-likeness (QED) is 0.759. The Balaban J connectivity index is 2.85. The van der Waals surface area contributed by atoms with Gasteiger partial charge in [0.05, 0.1) is 11.1 Å². The van der Waals surface area contributed by atoms with Gasteiger partial charge >= 0.3 is 0 Å². The van der Waals surface area contributed by atoms with E-state index in [1.807, 2.05) is 6.92 Å². The molecule has 0 aromatic heterocycles. The lowest BCUT2D eigenvalue weighted by atomic mass is 10.3. The summed E-state index contributed by atoms with van der Waals surface area (Å²) in [6, 6.07) is 0. The zero-order valence-electron chi connectivity index (χ0n) is 10.3. The first-order chi connectivity index (χ1) is 7.89. The van der Waals surface area contributed by atoms with E-state index in [1.165, 1.54) is 11.2 Å². The summed E-state index contributed by atoms with van der Waals surface area (Å²) in [6.45, 7) is 4.99. The van der Waals surface area contributed by atoms with Gasteiger partial charge in [0.2, 0.25) is 10.0 Å². The zero-order chi connectivity index (χ0) is 13.1. The van der Waals surface area contributed by atoms with Crippen LogP contribution >= 0.6 is 12.2 Å². The summed E-state index contributed by atoms with van der Waals surface area (Å²) in [6.07, 6.45) is 1.47. The molecule has 2 N–H and O–H groups in total. The van der Waals surface area contributed by atoms with Crippen molar-refractivity contribution in [3.05, 3.63) is 0 Å². The number of ether oxygens (including phenoxy) is 1. The van der Waals surface area contributed by atoms with Crippen LogP contribution in [0.2, 0.25) is 0 Å². The summed E-state index contributed by atoms with van der Waals surface area (Å²) < 4.78 is 31.5. The number of rotatable bonds is 4. The lowest BCUT2D eigenvalue weighted by Crippen LogP contribution is -2.45. The van der Waals surface area contributed by atoms with Crippen molar-refractivity contribution in [2.24, 2.45) is 5.73 Å². The molecule has 0 aromatic carbocycles. The minimum Gasteiger partial charge on any atom is -0.392 e. The van der Waals surface area contributed by atoms with E-state index in [1.54, 1.807) is 0 Å². The highest BCUT2D eigenvalue weighted by Crippen LogP contribution is 2.16. The zero-order valence-corrected chi connectivity index (χ0v) is 11.9. The van der Waals surface area contributed by atoms with Crippen LogP contribution in [-0.2, 0) is 14.8 Å². The molecule has 1 rings (SSSR count). The van der Waals surface area contributed by atoms with Crippen molar-refractivity contribution >= 4 is 27.2 Å². The van der Waals surface area contributed by atoms with Crippen LogP contribution in [0.5, 0.6) is 0 Å². The summed E-state index contributed by atoms with van der Waals surface area (Å²) in [5.41, 5.74) is 5.43. The van der Waals surface area contributed by atoms with Crippen LogP contribution in [0.3, 0.4) is 0 Å². The van der Waals surface area contributed by atoms with Crippen LogP contribution in [0, 0.1) is 0 Å². The first-order valence-electron chi connectivity index (χ1n) is 5.79. The predicted molar refractivity (Wildman–Crippen MR) is 71.4 cm³/mol. The molecule has 7 heteroatoms. The van der Waals surface area contributed by atoms with Crippen LogP contribution < -0.4 is 5.73 Å². The fourth-order valence-corrected chi connectivity index (χ4v) is 3.57. The highest BCUT2D eigenvalue weighted by molar-refractivity contribution is 7.92. The number of hydrogen-bond donors (Lipinski definition) is 1. The molecule has 1 saturated heterocycles. The normalized spacial score (nSPS) is 25.2. The van der Waals surface area contributed by atoms with Gasteiger partial charge in [-0.2, -0.15) is 4.31 Å². The van der Waals surface area contributed by atoms with Crippen LogP contribution in [0.25, 0.3) is 0 Å². The van der Waals surface area contributed by atoms with E-state index in [9.17, 15) is 8.42 Å². The van der Waals surface area contributed by atoms with Crippen molar-refractivity contribution in [1.82, 2.24) is 4.31 Å². The Morgan fingerprint density at radius 1 is 1.65 bits per heavy atom. The summed E-state index contributed by atoms with van der Waals surface area (Å²) in [5, 5.41) is -0.812. The molecule has 5 nitrogen and oxygen atoms in total. The van der Waals surface area contributed by atoms with Crippen molar-refractivity contribution in [3.63, 3.8) is 0 Å². The summed E-state index contributed by atoms with van der Waals surface area (Å²) >= 11 is 4.77. The third-order valence-electron chi connectivity index (χ3n) is 2.98. The minimum absolute atomic E-state index is 0.0169. The van der Waals surface area contributed by atoms with Crippen LogP contribution in [0.15, 0.2) is 0 Å². The van der Waals surface area contributed by atoms with Gasteiger partial charge in [0, 0.05) is 19.7 Å². The van der Waals surface area contributed by atoms with Gasteiger partial charge in [0.15, 0.2) is 0 Å². The first-order valence-corrected chi connectivity index (χ1v) is 7.70. The van der Waals surface area contributed by atoms with Crippen LogP contribution in [-0.4, -0.2) is 48.8 Å². The van der Waals surface area contributed by atoms with Gasteiger partial charge in [-0.15, -0.1) is 0 Å². The Hall–Kier alpha value is -0.240. The van der Waals surface area contributed by atoms with E-state index in [0.29, 0.717) is 26.1 Å². The average Bonchev–Trinajstić information content (AvgIpc) is 2.53. The number of nitrogens with zero attached hydrogens (tertiary/aromatic N) is 1. The third kappa shape index (κ3) is 3.61. The van der Waals surface area contributed by atoms with E-state index < -0.39 is 15.3 Å². The third-order valence-corrected chi connectivity index (χ3v) is 5.68. The SMILES string of the molecule is CCC1CN(S(=O)(=O)C(C)C(N)=S)CCCO1. The second-order valence-electron chi connectivity index (χ2n) is 4.20. The molecule has 0 bridgehead atoms. The number of sulfonamides is 1. The Bertz CT molecular complexity index is 370. The van der Waals surface area contributed by atoms with Gasteiger partial charge < -0.3 is 10.5 Å². The maximum atomic E-state index is 12.2. The molecule has 1 aliphatic rings. The number of nitrogens with two attached hydrogens (primary N) is 1. The van der Waals surface area contributed by atoms with Crippen molar-refractivity contribution in [3.8, 4) is 0 Å². The molecular weight excluding hydrogens is 260 g/mol. The molecule has 2 atom stereocenters. The average molecular weight is 280 g/mol. The molecule has 1 aliphatic heterocycles. The van der Waals surface area contributed by atoms with Gasteiger partial charge in [-0.1, -0.05) is 19.1 Å². The van der Waals surface area contributed by atoms with Crippen LogP contribution in [0.1, 0.15) is 26.7 Å². The molecule has 1 heterocycles. The second kappa shape index (κ2) is 6.08. The Morgan fingerprint density at radius 3 is 2.82 bits per heavy atom. The maximum Gasteiger partial charge on any atom is 0.223 e. The molecule has 0 amide bonds. The Labute approximate surface area is 108 Å². The van der Waals surface area contributed by atoms with E-state index in [0.717, 1.165) is 6.42 Å². The molecule has 17 heavy (non-hydrogen) atoms. The molecule has 0 radical (unpaired) electrons. The minimum atomic E-state index is -3.44. The monoisotopic (exact) mass is 280 g/mol. The van der Waals surface area contributed by atoms with E-state index in [2.05, 4.69) is 0 Å². The molecule has 0 aliphatic carbocycles. The summed E-state index contributed by atoms with van der Waals surface area (Å²) in [7, 11) is -3.44. The molecular formula is C10H20N2O3S2. The Kier molecular flexibility index (Phi) is 5.30. The van der Waals surface area contributed by atoms with Crippen molar-refractivity contribution in [2.75, 3.05) is 19.7 Å². The smallest absolute Gasteiger partial charge is 0.223 e. The van der Waals surface area contributed by atoms with Crippen molar-refractivity contribution in [1.29, 1.82) is 0 Å². The lowest BCUT2D eigenvalue weighted by molar-refractivity contribution is 0.0592. The molecule has 0 spiro atoms. The molecule has 0 aromatic rings. The lowest BCUT2D eigenvalue weighted by Gasteiger charge is -2.25. The molecule has 2 unspecified atom stereocenters. The summed E-state index contributed by atoms with van der Waals surface area (Å²) in [4.78, 5) is 0.0169. The largest absolute Gasteiger partial charge is 0.392 e. The highest BCUT2D eigenvalue weighted by Gasteiger charge is 2.33.